The van der Waals surface area contributed by atoms with Gasteiger partial charge in [0.15, 0.2) is 5.96 Å². The average Bonchev–Trinajstić information content (AvgIpc) is 2.97. The van der Waals surface area contributed by atoms with Crippen LogP contribution in [0.5, 0.6) is 0 Å². The zero-order valence-electron chi connectivity index (χ0n) is 11.8. The van der Waals surface area contributed by atoms with Crippen LogP contribution in [0.4, 0.5) is 0 Å². The highest BCUT2D eigenvalue weighted by Crippen LogP contribution is 2.11. The van der Waals surface area contributed by atoms with Crippen LogP contribution in [0.2, 0.25) is 0 Å². The van der Waals surface area contributed by atoms with Crippen molar-refractivity contribution in [3.8, 4) is 0 Å². The van der Waals surface area contributed by atoms with Gasteiger partial charge in [0, 0.05) is 26.7 Å². The van der Waals surface area contributed by atoms with Crippen molar-refractivity contribution in [3.05, 3.63) is 11.6 Å². The van der Waals surface area contributed by atoms with Crippen molar-refractivity contribution in [1.29, 1.82) is 0 Å². The van der Waals surface area contributed by atoms with Gasteiger partial charge in [0.25, 0.3) is 0 Å². The summed E-state index contributed by atoms with van der Waals surface area (Å²) >= 11 is 0. The van der Waals surface area contributed by atoms with E-state index >= 15 is 0 Å². The molecule has 1 fully saturated rings. The Morgan fingerprint density at radius 2 is 2.37 bits per heavy atom. The molecular formula is C14H25N3O2. The van der Waals surface area contributed by atoms with Crippen molar-refractivity contribution < 1.29 is 9.47 Å². The van der Waals surface area contributed by atoms with Gasteiger partial charge in [0.05, 0.1) is 19.3 Å². The molecule has 5 heteroatoms. The molecule has 2 aliphatic rings. The highest BCUT2D eigenvalue weighted by molar-refractivity contribution is 5.79. The Bertz CT molecular complexity index is 323. The molecule has 0 aliphatic carbocycles. The second-order valence-electron chi connectivity index (χ2n) is 4.95. The Morgan fingerprint density at radius 3 is 3.05 bits per heavy atom. The molecule has 0 radical (unpaired) electrons. The Balaban J connectivity index is 1.60. The van der Waals surface area contributed by atoms with Crippen LogP contribution in [-0.2, 0) is 9.47 Å². The molecule has 0 aromatic heterocycles. The molecule has 1 unspecified atom stereocenters. The number of nitrogens with zero attached hydrogens (tertiary/aromatic N) is 1. The number of ether oxygens (including phenoxy) is 2. The van der Waals surface area contributed by atoms with Crippen molar-refractivity contribution in [2.75, 3.05) is 40.0 Å². The lowest BCUT2D eigenvalue weighted by molar-refractivity contribution is 0.114. The first kappa shape index (κ1) is 14.3. The largest absolute Gasteiger partial charge is 0.377 e. The fraction of sp³-hybridized carbons (Fsp3) is 0.786. The average molecular weight is 267 g/mol. The summed E-state index contributed by atoms with van der Waals surface area (Å²) in [4.78, 5) is 4.23. The predicted octanol–water partition coefficient (Wildman–Crippen LogP) is 1.07. The quantitative estimate of drug-likeness (QED) is 0.444. The van der Waals surface area contributed by atoms with Crippen LogP contribution >= 0.6 is 0 Å². The molecule has 108 valence electrons. The van der Waals surface area contributed by atoms with Gasteiger partial charge in [-0.1, -0.05) is 11.6 Å². The van der Waals surface area contributed by atoms with Gasteiger partial charge in [0.2, 0.25) is 0 Å². The molecule has 2 rings (SSSR count). The molecule has 2 N–H and O–H groups in total. The third kappa shape index (κ3) is 5.20. The number of nitrogens with one attached hydrogen (secondary N) is 2. The molecule has 2 aliphatic heterocycles. The second kappa shape index (κ2) is 8.17. The van der Waals surface area contributed by atoms with Crippen LogP contribution in [0.15, 0.2) is 16.6 Å². The van der Waals surface area contributed by atoms with Crippen LogP contribution in [0.1, 0.15) is 25.7 Å². The molecule has 0 aromatic carbocycles. The molecule has 2 heterocycles. The summed E-state index contributed by atoms with van der Waals surface area (Å²) in [5, 5.41) is 6.66. The minimum atomic E-state index is 0.344. The molecule has 0 spiro atoms. The first-order chi connectivity index (χ1) is 9.38. The van der Waals surface area contributed by atoms with Crippen molar-refractivity contribution >= 4 is 5.96 Å². The minimum Gasteiger partial charge on any atom is -0.377 e. The lowest BCUT2D eigenvalue weighted by atomic mass is 10.1. The van der Waals surface area contributed by atoms with E-state index in [1.54, 1.807) is 7.05 Å². The van der Waals surface area contributed by atoms with Gasteiger partial charge in [-0.05, 0) is 25.7 Å². The van der Waals surface area contributed by atoms with Crippen LogP contribution in [-0.4, -0.2) is 52.0 Å². The molecule has 0 amide bonds. The Morgan fingerprint density at radius 1 is 1.42 bits per heavy atom. The maximum atomic E-state index is 5.58. The Kier molecular flexibility index (Phi) is 6.17. The van der Waals surface area contributed by atoms with E-state index in [1.165, 1.54) is 12.0 Å². The lowest BCUT2D eigenvalue weighted by Crippen LogP contribution is -2.41. The summed E-state index contributed by atoms with van der Waals surface area (Å²) in [6.07, 6.45) is 6.98. The molecule has 19 heavy (non-hydrogen) atoms. The third-order valence-corrected chi connectivity index (χ3v) is 3.54. The zero-order chi connectivity index (χ0) is 13.3. The molecule has 5 nitrogen and oxygen atoms in total. The summed E-state index contributed by atoms with van der Waals surface area (Å²) in [5.41, 5.74) is 1.48. The molecule has 1 atom stereocenters. The monoisotopic (exact) mass is 267 g/mol. The smallest absolute Gasteiger partial charge is 0.191 e. The van der Waals surface area contributed by atoms with Crippen LogP contribution in [0.3, 0.4) is 0 Å². The van der Waals surface area contributed by atoms with Crippen molar-refractivity contribution in [1.82, 2.24) is 10.6 Å². The third-order valence-electron chi connectivity index (χ3n) is 3.54. The summed E-state index contributed by atoms with van der Waals surface area (Å²) < 4.78 is 10.9. The number of guanidine groups is 1. The number of aliphatic imine (C=N–C) groups is 1. The molecule has 0 saturated carbocycles. The summed E-state index contributed by atoms with van der Waals surface area (Å²) in [6, 6.07) is 0. The van der Waals surface area contributed by atoms with Gasteiger partial charge in [-0.3, -0.25) is 4.99 Å². The van der Waals surface area contributed by atoms with Crippen LogP contribution in [0.25, 0.3) is 0 Å². The Hall–Kier alpha value is -1.07. The van der Waals surface area contributed by atoms with Gasteiger partial charge in [-0.2, -0.15) is 0 Å². The van der Waals surface area contributed by atoms with Crippen molar-refractivity contribution in [2.45, 2.75) is 31.8 Å². The fourth-order valence-electron chi connectivity index (χ4n) is 2.37. The van der Waals surface area contributed by atoms with E-state index in [0.29, 0.717) is 6.10 Å². The SMILES string of the molecule is CN=C(NCCC1=CCOCC1)NCC1CCCO1. The summed E-state index contributed by atoms with van der Waals surface area (Å²) in [5.74, 6) is 0.864. The lowest BCUT2D eigenvalue weighted by Gasteiger charge is -2.17. The zero-order valence-corrected chi connectivity index (χ0v) is 11.8. The molecule has 0 aromatic rings. The van der Waals surface area contributed by atoms with E-state index in [2.05, 4.69) is 21.7 Å². The first-order valence-electron chi connectivity index (χ1n) is 7.20. The van der Waals surface area contributed by atoms with Crippen LogP contribution in [0, 0.1) is 0 Å². The van der Waals surface area contributed by atoms with E-state index in [-0.39, 0.29) is 0 Å². The van der Waals surface area contributed by atoms with Gasteiger partial charge in [0.1, 0.15) is 0 Å². The van der Waals surface area contributed by atoms with E-state index in [9.17, 15) is 0 Å². The molecule has 1 saturated heterocycles. The second-order valence-corrected chi connectivity index (χ2v) is 4.95. The van der Waals surface area contributed by atoms with Crippen LogP contribution < -0.4 is 10.6 Å². The maximum absolute atomic E-state index is 5.58. The van der Waals surface area contributed by atoms with Crippen molar-refractivity contribution in [2.24, 2.45) is 4.99 Å². The highest BCUT2D eigenvalue weighted by atomic mass is 16.5. The van der Waals surface area contributed by atoms with Gasteiger partial charge in [-0.25, -0.2) is 0 Å². The first-order valence-corrected chi connectivity index (χ1v) is 7.20. The molecule has 0 bridgehead atoms. The number of rotatable bonds is 5. The standard InChI is InChI=1S/C14H25N3O2/c1-15-14(17-11-13-3-2-8-19-13)16-7-4-12-5-9-18-10-6-12/h5,13H,2-4,6-11H2,1H3,(H2,15,16,17). The van der Waals surface area contributed by atoms with Gasteiger partial charge < -0.3 is 20.1 Å². The van der Waals surface area contributed by atoms with E-state index in [1.807, 2.05) is 0 Å². The minimum absolute atomic E-state index is 0.344. The van der Waals surface area contributed by atoms with Crippen molar-refractivity contribution in [3.63, 3.8) is 0 Å². The summed E-state index contributed by atoms with van der Waals surface area (Å²) in [6.45, 7) is 4.28. The van der Waals surface area contributed by atoms with E-state index < -0.39 is 0 Å². The fourth-order valence-corrected chi connectivity index (χ4v) is 2.37. The normalized spacial score (nSPS) is 24.2. The number of hydrogen-bond donors (Lipinski definition) is 2. The Labute approximate surface area is 115 Å². The highest BCUT2D eigenvalue weighted by Gasteiger charge is 2.15. The van der Waals surface area contributed by atoms with Gasteiger partial charge in [-0.15, -0.1) is 0 Å². The van der Waals surface area contributed by atoms with E-state index in [0.717, 1.165) is 58.1 Å². The predicted molar refractivity (Wildman–Crippen MR) is 76.5 cm³/mol. The number of hydrogen-bond acceptors (Lipinski definition) is 3. The van der Waals surface area contributed by atoms with E-state index in [4.69, 9.17) is 9.47 Å². The van der Waals surface area contributed by atoms with Gasteiger partial charge >= 0.3 is 0 Å². The topological polar surface area (TPSA) is 54.9 Å². The summed E-state index contributed by atoms with van der Waals surface area (Å²) in [7, 11) is 1.80. The molecular weight excluding hydrogens is 242 g/mol. The maximum Gasteiger partial charge on any atom is 0.191 e.